The first-order valence-corrected chi connectivity index (χ1v) is 8.06. The van der Waals surface area contributed by atoms with Crippen LogP contribution < -0.4 is 0 Å². The molecule has 0 aliphatic heterocycles. The summed E-state index contributed by atoms with van der Waals surface area (Å²) in [5.74, 6) is -2.87. The van der Waals surface area contributed by atoms with Gasteiger partial charge in [-0.1, -0.05) is 0 Å². The molecule has 23 heavy (non-hydrogen) atoms. The number of nitrogens with zero attached hydrogens (tertiary/aromatic N) is 2. The lowest BCUT2D eigenvalue weighted by Crippen LogP contribution is -2.26. The van der Waals surface area contributed by atoms with Gasteiger partial charge in [0, 0.05) is 23.5 Å². The summed E-state index contributed by atoms with van der Waals surface area (Å²) in [6.07, 6.45) is -3.00. The zero-order chi connectivity index (χ0) is 16.8. The lowest BCUT2D eigenvalue weighted by molar-refractivity contribution is -0.141. The molecular weight excluding hydrogens is 383 g/mol. The minimum absolute atomic E-state index is 0.0454. The van der Waals surface area contributed by atoms with E-state index in [1.54, 1.807) is 6.07 Å². The Morgan fingerprint density at radius 3 is 2.48 bits per heavy atom. The fourth-order valence-electron chi connectivity index (χ4n) is 3.07. The average molecular weight is 397 g/mol. The minimum Gasteiger partial charge on any atom is -0.302 e. The molecule has 0 spiro atoms. The van der Waals surface area contributed by atoms with E-state index in [0.29, 0.717) is 4.47 Å². The zero-order valence-electron chi connectivity index (χ0n) is 12.0. The van der Waals surface area contributed by atoms with Crippen LogP contribution >= 0.6 is 15.9 Å². The van der Waals surface area contributed by atoms with Gasteiger partial charge in [-0.15, -0.1) is 0 Å². The first-order chi connectivity index (χ1) is 10.7. The van der Waals surface area contributed by atoms with Crippen molar-refractivity contribution in [3.8, 4) is 0 Å². The minimum atomic E-state index is -4.56. The van der Waals surface area contributed by atoms with Crippen molar-refractivity contribution in [3.63, 3.8) is 0 Å². The number of fused-ring (bicyclic) bond motifs is 1. The highest BCUT2D eigenvalue weighted by atomic mass is 79.9. The number of rotatable bonds is 2. The van der Waals surface area contributed by atoms with Crippen molar-refractivity contribution in [3.05, 3.63) is 34.2 Å². The molecule has 2 aromatic heterocycles. The van der Waals surface area contributed by atoms with Crippen LogP contribution in [-0.4, -0.2) is 15.3 Å². The molecule has 1 aliphatic rings. The molecule has 0 aromatic carbocycles. The zero-order valence-corrected chi connectivity index (χ0v) is 13.6. The number of halogens is 6. The highest BCUT2D eigenvalue weighted by Crippen LogP contribution is 2.39. The van der Waals surface area contributed by atoms with Gasteiger partial charge >= 0.3 is 6.18 Å². The molecule has 0 N–H and O–H groups in total. The number of hydrogen-bond donors (Lipinski definition) is 0. The maximum atomic E-state index is 13.3. The lowest BCUT2D eigenvalue weighted by atomic mass is 9.83. The van der Waals surface area contributed by atoms with Gasteiger partial charge in [-0.05, 0) is 53.2 Å². The number of imidazole rings is 1. The second-order valence-corrected chi connectivity index (χ2v) is 6.90. The van der Waals surface area contributed by atoms with Crippen LogP contribution in [-0.2, 0) is 12.6 Å². The fourth-order valence-corrected chi connectivity index (χ4v) is 3.40. The number of alkyl halides is 5. The van der Waals surface area contributed by atoms with Crippen LogP contribution in [0.4, 0.5) is 22.0 Å². The number of hydrogen-bond acceptors (Lipinski definition) is 1. The maximum absolute atomic E-state index is 13.3. The second kappa shape index (κ2) is 5.72. The predicted molar refractivity (Wildman–Crippen MR) is 78.5 cm³/mol. The van der Waals surface area contributed by atoms with Gasteiger partial charge in [0.05, 0.1) is 5.69 Å². The van der Waals surface area contributed by atoms with Crippen LogP contribution in [0.1, 0.15) is 37.1 Å². The van der Waals surface area contributed by atoms with Crippen LogP contribution in [0.25, 0.3) is 5.65 Å². The standard InChI is InChI=1S/C15H14BrF5N2/c16-10-1-2-12-22-13(15(19,20)21)11(23(12)8-10)7-9-3-5-14(17,18)6-4-9/h1-2,8-9H,3-7H2. The van der Waals surface area contributed by atoms with Gasteiger partial charge in [-0.2, -0.15) is 13.2 Å². The molecular formula is C15H14BrF5N2. The predicted octanol–water partition coefficient (Wildman–Crippen LogP) is 5.48. The third-order valence-corrected chi connectivity index (χ3v) is 4.74. The Balaban J connectivity index is 1.96. The Hall–Kier alpha value is -1.18. The van der Waals surface area contributed by atoms with Crippen molar-refractivity contribution < 1.29 is 22.0 Å². The van der Waals surface area contributed by atoms with Gasteiger partial charge in [-0.3, -0.25) is 0 Å². The van der Waals surface area contributed by atoms with Gasteiger partial charge in [0.15, 0.2) is 5.69 Å². The average Bonchev–Trinajstić information content (AvgIpc) is 2.79. The number of pyridine rings is 1. The quantitative estimate of drug-likeness (QED) is 0.614. The molecule has 3 rings (SSSR count). The third-order valence-electron chi connectivity index (χ3n) is 4.27. The molecule has 0 unspecified atom stereocenters. The lowest BCUT2D eigenvalue weighted by Gasteiger charge is -2.28. The fraction of sp³-hybridized carbons (Fsp3) is 0.533. The van der Waals surface area contributed by atoms with Crippen LogP contribution in [0, 0.1) is 5.92 Å². The summed E-state index contributed by atoms with van der Waals surface area (Å²) >= 11 is 3.24. The second-order valence-electron chi connectivity index (χ2n) is 5.98. The Morgan fingerprint density at radius 1 is 1.22 bits per heavy atom. The van der Waals surface area contributed by atoms with Crippen molar-refractivity contribution in [1.29, 1.82) is 0 Å². The summed E-state index contributed by atoms with van der Waals surface area (Å²) in [5, 5.41) is 0. The van der Waals surface area contributed by atoms with Crippen molar-refractivity contribution in [2.75, 3.05) is 0 Å². The Labute approximate surface area is 137 Å². The molecule has 0 saturated heterocycles. The largest absolute Gasteiger partial charge is 0.435 e. The summed E-state index contributed by atoms with van der Waals surface area (Å²) in [5.41, 5.74) is -0.673. The van der Waals surface area contributed by atoms with Crippen molar-refractivity contribution >= 4 is 21.6 Å². The van der Waals surface area contributed by atoms with Crippen LogP contribution in [0.2, 0.25) is 0 Å². The molecule has 0 radical (unpaired) electrons. The number of aromatic nitrogens is 2. The van der Waals surface area contributed by atoms with E-state index in [2.05, 4.69) is 20.9 Å². The Bertz CT molecular complexity index is 712. The van der Waals surface area contributed by atoms with E-state index in [1.165, 1.54) is 16.7 Å². The molecule has 1 fully saturated rings. The Kier molecular flexibility index (Phi) is 4.14. The van der Waals surface area contributed by atoms with E-state index in [4.69, 9.17) is 0 Å². The van der Waals surface area contributed by atoms with Gasteiger partial charge in [0.25, 0.3) is 0 Å². The van der Waals surface area contributed by atoms with Crippen LogP contribution in [0.15, 0.2) is 22.8 Å². The van der Waals surface area contributed by atoms with E-state index in [-0.39, 0.29) is 49.4 Å². The Morgan fingerprint density at radius 2 is 1.87 bits per heavy atom. The van der Waals surface area contributed by atoms with E-state index >= 15 is 0 Å². The SMILES string of the molecule is FC1(F)CCC(Cc2c(C(F)(F)F)nc3ccc(Br)cn23)CC1. The normalized spacial score (nSPS) is 19.4. The summed E-state index contributed by atoms with van der Waals surface area (Å²) in [6.45, 7) is 0. The van der Waals surface area contributed by atoms with Gasteiger partial charge < -0.3 is 4.40 Å². The first kappa shape index (κ1) is 16.7. The molecule has 2 heterocycles. The van der Waals surface area contributed by atoms with Gasteiger partial charge in [-0.25, -0.2) is 13.8 Å². The smallest absolute Gasteiger partial charge is 0.302 e. The van der Waals surface area contributed by atoms with Crippen molar-refractivity contribution in [1.82, 2.24) is 9.38 Å². The van der Waals surface area contributed by atoms with Crippen LogP contribution in [0.5, 0.6) is 0 Å². The molecule has 8 heteroatoms. The van der Waals surface area contributed by atoms with Crippen molar-refractivity contribution in [2.45, 2.75) is 44.2 Å². The summed E-state index contributed by atoms with van der Waals surface area (Å²) in [6, 6.07) is 3.12. The van der Waals surface area contributed by atoms with Crippen LogP contribution in [0.3, 0.4) is 0 Å². The highest BCUT2D eigenvalue weighted by Gasteiger charge is 2.40. The molecule has 1 aliphatic carbocycles. The van der Waals surface area contributed by atoms with E-state index in [9.17, 15) is 22.0 Å². The van der Waals surface area contributed by atoms with Gasteiger partial charge in [0.2, 0.25) is 5.92 Å². The molecule has 2 nitrogen and oxygen atoms in total. The first-order valence-electron chi connectivity index (χ1n) is 7.27. The van der Waals surface area contributed by atoms with E-state index < -0.39 is 17.8 Å². The summed E-state index contributed by atoms with van der Waals surface area (Å²) in [4.78, 5) is 3.69. The monoisotopic (exact) mass is 396 g/mol. The molecule has 2 aromatic rings. The summed E-state index contributed by atoms with van der Waals surface area (Å²) in [7, 11) is 0. The molecule has 126 valence electrons. The van der Waals surface area contributed by atoms with Crippen molar-refractivity contribution in [2.24, 2.45) is 5.92 Å². The van der Waals surface area contributed by atoms with Gasteiger partial charge in [0.1, 0.15) is 5.65 Å². The maximum Gasteiger partial charge on any atom is 0.435 e. The summed E-state index contributed by atoms with van der Waals surface area (Å²) < 4.78 is 68.3. The third kappa shape index (κ3) is 3.51. The molecule has 0 bridgehead atoms. The van der Waals surface area contributed by atoms with E-state index in [0.717, 1.165) is 0 Å². The molecule has 0 atom stereocenters. The molecule has 1 saturated carbocycles. The highest BCUT2D eigenvalue weighted by molar-refractivity contribution is 9.10. The topological polar surface area (TPSA) is 17.3 Å². The molecule has 0 amide bonds. The van der Waals surface area contributed by atoms with E-state index in [1.807, 2.05) is 0 Å².